The van der Waals surface area contributed by atoms with Gasteiger partial charge in [-0.1, -0.05) is 32.0 Å². The molecule has 0 bridgehead atoms. The van der Waals surface area contributed by atoms with Gasteiger partial charge in [-0.05, 0) is 62.3 Å². The van der Waals surface area contributed by atoms with Crippen molar-refractivity contribution >= 4 is 22.8 Å². The molecule has 1 saturated heterocycles. The van der Waals surface area contributed by atoms with Crippen LogP contribution in [-0.2, 0) is 4.79 Å². The normalized spacial score (nSPS) is 15.8. The quantitative estimate of drug-likeness (QED) is 0.344. The largest absolute Gasteiger partial charge is 0.457 e. The second-order valence-electron chi connectivity index (χ2n) is 9.60. The van der Waals surface area contributed by atoms with Gasteiger partial charge >= 0.3 is 0 Å². The number of aromatic nitrogens is 4. The van der Waals surface area contributed by atoms with Gasteiger partial charge in [-0.2, -0.15) is 5.10 Å². The molecule has 0 aliphatic carbocycles. The fraction of sp³-hybridized carbons (Fsp3) is 0.379. The van der Waals surface area contributed by atoms with Crippen LogP contribution < -0.4 is 10.5 Å². The summed E-state index contributed by atoms with van der Waals surface area (Å²) in [6.45, 7) is 8.34. The zero-order chi connectivity index (χ0) is 26.5. The Morgan fingerprint density at radius 3 is 2.53 bits per heavy atom. The van der Waals surface area contributed by atoms with Gasteiger partial charge in [0.2, 0.25) is 5.91 Å². The molecule has 38 heavy (non-hydrogen) atoms. The topological polar surface area (TPSA) is 102 Å². The van der Waals surface area contributed by atoms with Gasteiger partial charge in [0.05, 0.1) is 11.4 Å². The Labute approximate surface area is 223 Å². The van der Waals surface area contributed by atoms with Crippen LogP contribution in [0.5, 0.6) is 11.5 Å². The molecule has 5 rings (SSSR count). The van der Waals surface area contributed by atoms with Crippen LogP contribution in [0.25, 0.3) is 22.3 Å². The van der Waals surface area contributed by atoms with Gasteiger partial charge in [0, 0.05) is 31.6 Å². The van der Waals surface area contributed by atoms with Crippen LogP contribution >= 0.6 is 0 Å². The highest BCUT2D eigenvalue weighted by molar-refractivity contribution is 5.98. The number of carbonyl (C=O) groups is 1. The molecule has 4 aromatic rings. The number of ether oxygens (including phenoxy) is 1. The van der Waals surface area contributed by atoms with Crippen LogP contribution in [0.4, 0.5) is 5.82 Å². The van der Waals surface area contributed by atoms with E-state index >= 15 is 0 Å². The summed E-state index contributed by atoms with van der Waals surface area (Å²) in [6.07, 6.45) is 3.85. The molecule has 9 heteroatoms. The SMILES string of the molecule is CCN(CC)CCC(=O)N1CCC[C@@H](n2nc(-c3ccc(Oc4ccccc4)cc3)c3c(N)ncnc32)C1. The number of carbonyl (C=O) groups excluding carboxylic acids is 1. The van der Waals surface area contributed by atoms with Crippen molar-refractivity contribution in [3.05, 3.63) is 60.9 Å². The minimum absolute atomic E-state index is 0.0207. The third kappa shape index (κ3) is 5.47. The van der Waals surface area contributed by atoms with Crippen LogP contribution in [0.15, 0.2) is 60.9 Å². The van der Waals surface area contributed by atoms with Gasteiger partial charge in [-0.15, -0.1) is 0 Å². The van der Waals surface area contributed by atoms with Crippen LogP contribution in [-0.4, -0.2) is 68.2 Å². The van der Waals surface area contributed by atoms with Crippen molar-refractivity contribution in [3.8, 4) is 22.8 Å². The number of nitrogens with two attached hydrogens (primary N) is 1. The number of nitrogen functional groups attached to an aromatic ring is 1. The van der Waals surface area contributed by atoms with E-state index in [9.17, 15) is 4.79 Å². The first-order valence-corrected chi connectivity index (χ1v) is 13.4. The van der Waals surface area contributed by atoms with Crippen LogP contribution in [0.3, 0.4) is 0 Å². The van der Waals surface area contributed by atoms with Crippen molar-refractivity contribution < 1.29 is 9.53 Å². The van der Waals surface area contributed by atoms with Crippen molar-refractivity contribution in [1.29, 1.82) is 0 Å². The van der Waals surface area contributed by atoms with Gasteiger partial charge in [-0.3, -0.25) is 4.79 Å². The van der Waals surface area contributed by atoms with E-state index in [1.165, 1.54) is 6.33 Å². The number of benzene rings is 2. The summed E-state index contributed by atoms with van der Waals surface area (Å²) in [6, 6.07) is 17.5. The van der Waals surface area contributed by atoms with E-state index in [-0.39, 0.29) is 11.9 Å². The number of likely N-dealkylation sites (tertiary alicyclic amines) is 1. The Morgan fingerprint density at radius 2 is 1.79 bits per heavy atom. The molecule has 1 amide bonds. The molecule has 1 atom stereocenters. The van der Waals surface area contributed by atoms with Crippen molar-refractivity contribution in [1.82, 2.24) is 29.5 Å². The van der Waals surface area contributed by atoms with Crippen molar-refractivity contribution in [2.75, 3.05) is 38.5 Å². The van der Waals surface area contributed by atoms with Gasteiger partial charge in [0.1, 0.15) is 29.3 Å². The number of hydrogen-bond acceptors (Lipinski definition) is 7. The number of amides is 1. The summed E-state index contributed by atoms with van der Waals surface area (Å²) < 4.78 is 7.89. The fourth-order valence-electron chi connectivity index (χ4n) is 5.09. The Bertz CT molecular complexity index is 1370. The zero-order valence-electron chi connectivity index (χ0n) is 22.1. The predicted molar refractivity (Wildman–Crippen MR) is 149 cm³/mol. The van der Waals surface area contributed by atoms with E-state index in [4.69, 9.17) is 15.6 Å². The van der Waals surface area contributed by atoms with E-state index in [1.807, 2.05) is 64.2 Å². The number of nitrogens with zero attached hydrogens (tertiary/aromatic N) is 6. The Kier molecular flexibility index (Phi) is 7.83. The lowest BCUT2D eigenvalue weighted by Gasteiger charge is -2.33. The van der Waals surface area contributed by atoms with Crippen LogP contribution in [0, 0.1) is 0 Å². The lowest BCUT2D eigenvalue weighted by atomic mass is 10.1. The second-order valence-corrected chi connectivity index (χ2v) is 9.60. The van der Waals surface area contributed by atoms with Crippen LogP contribution in [0.2, 0.25) is 0 Å². The average Bonchev–Trinajstić information content (AvgIpc) is 3.35. The minimum Gasteiger partial charge on any atom is -0.457 e. The molecule has 1 aliphatic rings. The third-order valence-corrected chi connectivity index (χ3v) is 7.26. The fourth-order valence-corrected chi connectivity index (χ4v) is 5.09. The minimum atomic E-state index is 0.0207. The van der Waals surface area contributed by atoms with Gasteiger partial charge in [0.25, 0.3) is 0 Å². The Hall–Kier alpha value is -3.98. The van der Waals surface area contributed by atoms with Crippen molar-refractivity contribution in [2.24, 2.45) is 0 Å². The van der Waals surface area contributed by atoms with E-state index in [1.54, 1.807) is 0 Å². The first-order chi connectivity index (χ1) is 18.6. The lowest BCUT2D eigenvalue weighted by Crippen LogP contribution is -2.42. The maximum absolute atomic E-state index is 13.0. The number of hydrogen-bond donors (Lipinski definition) is 1. The Morgan fingerprint density at radius 1 is 1.05 bits per heavy atom. The molecule has 0 spiro atoms. The van der Waals surface area contributed by atoms with Crippen LogP contribution in [0.1, 0.15) is 39.2 Å². The first-order valence-electron chi connectivity index (χ1n) is 13.4. The first kappa shape index (κ1) is 25.7. The molecule has 1 fully saturated rings. The number of rotatable bonds is 9. The lowest BCUT2D eigenvalue weighted by molar-refractivity contribution is -0.133. The number of piperidine rings is 1. The average molecular weight is 514 g/mol. The van der Waals surface area contributed by atoms with Crippen molar-refractivity contribution in [3.63, 3.8) is 0 Å². The molecule has 2 aromatic heterocycles. The monoisotopic (exact) mass is 513 g/mol. The van der Waals surface area contributed by atoms with E-state index < -0.39 is 0 Å². The highest BCUT2D eigenvalue weighted by Crippen LogP contribution is 2.35. The third-order valence-electron chi connectivity index (χ3n) is 7.26. The van der Waals surface area contributed by atoms with Crippen molar-refractivity contribution in [2.45, 2.75) is 39.2 Å². The highest BCUT2D eigenvalue weighted by atomic mass is 16.5. The Balaban J connectivity index is 1.39. The van der Waals surface area contributed by atoms with Gasteiger partial charge < -0.3 is 20.3 Å². The summed E-state index contributed by atoms with van der Waals surface area (Å²) in [7, 11) is 0. The molecule has 0 unspecified atom stereocenters. The van der Waals surface area contributed by atoms with E-state index in [0.29, 0.717) is 24.4 Å². The predicted octanol–water partition coefficient (Wildman–Crippen LogP) is 4.76. The number of anilines is 1. The maximum atomic E-state index is 13.0. The number of fused-ring (bicyclic) bond motifs is 1. The number of para-hydroxylation sites is 1. The van der Waals surface area contributed by atoms with Gasteiger partial charge in [-0.25, -0.2) is 14.6 Å². The summed E-state index contributed by atoms with van der Waals surface area (Å²) in [5.74, 6) is 2.10. The van der Waals surface area contributed by atoms with Gasteiger partial charge in [0.15, 0.2) is 5.65 Å². The molecule has 198 valence electrons. The molecule has 0 saturated carbocycles. The molecular weight excluding hydrogens is 478 g/mol. The molecule has 2 aromatic carbocycles. The summed E-state index contributed by atoms with van der Waals surface area (Å²) in [5, 5.41) is 5.73. The standard InChI is InChI=1S/C29H35N7O2/c1-3-34(4-2)18-16-25(37)35-17-8-9-22(19-35)36-29-26(28(30)31-20-32-29)27(33-36)21-12-14-24(15-13-21)38-23-10-6-5-7-11-23/h5-7,10-15,20,22H,3-4,8-9,16-19H2,1-2H3,(H2,30,31,32)/t22-/m1/s1. The molecule has 1 aliphatic heterocycles. The molecule has 0 radical (unpaired) electrons. The molecule has 2 N–H and O–H groups in total. The highest BCUT2D eigenvalue weighted by Gasteiger charge is 2.28. The second kappa shape index (κ2) is 11.6. The zero-order valence-corrected chi connectivity index (χ0v) is 22.1. The smallest absolute Gasteiger partial charge is 0.223 e. The maximum Gasteiger partial charge on any atom is 0.223 e. The molecular formula is C29H35N7O2. The summed E-state index contributed by atoms with van der Waals surface area (Å²) in [5.41, 5.74) is 8.67. The molecule has 9 nitrogen and oxygen atoms in total. The molecule has 3 heterocycles. The summed E-state index contributed by atoms with van der Waals surface area (Å²) >= 11 is 0. The van der Waals surface area contributed by atoms with E-state index in [2.05, 4.69) is 28.7 Å². The van der Waals surface area contributed by atoms with E-state index in [0.717, 1.165) is 67.2 Å². The summed E-state index contributed by atoms with van der Waals surface area (Å²) in [4.78, 5) is 26.1.